The predicted molar refractivity (Wildman–Crippen MR) is 108 cm³/mol. The van der Waals surface area contributed by atoms with E-state index in [9.17, 15) is 26.4 Å². The van der Waals surface area contributed by atoms with Gasteiger partial charge in [0.25, 0.3) is 11.2 Å². The van der Waals surface area contributed by atoms with E-state index in [2.05, 4.69) is 10.1 Å². The summed E-state index contributed by atoms with van der Waals surface area (Å²) in [6.07, 6.45) is 1.06. The molecule has 3 rings (SSSR count). The van der Waals surface area contributed by atoms with Crippen molar-refractivity contribution in [2.45, 2.75) is 22.7 Å². The number of aromatic amines is 1. The van der Waals surface area contributed by atoms with Crippen molar-refractivity contribution in [3.8, 4) is 5.69 Å². The second kappa shape index (κ2) is 8.11. The molecule has 0 saturated heterocycles. The summed E-state index contributed by atoms with van der Waals surface area (Å²) < 4.78 is 66.5. The smallest absolute Gasteiger partial charge is 0.295 e. The molecule has 3 aromatic rings. The third kappa shape index (κ3) is 3.80. The van der Waals surface area contributed by atoms with Gasteiger partial charge >= 0.3 is 5.25 Å². The van der Waals surface area contributed by atoms with Crippen LogP contribution in [0.5, 0.6) is 0 Å². The third-order valence-electron chi connectivity index (χ3n) is 4.23. The van der Waals surface area contributed by atoms with Crippen LogP contribution in [0, 0.1) is 6.92 Å². The van der Waals surface area contributed by atoms with E-state index < -0.39 is 31.2 Å². The second-order valence-corrected chi connectivity index (χ2v) is 8.59. The van der Waals surface area contributed by atoms with Gasteiger partial charge in [-0.25, -0.2) is 17.5 Å². The van der Waals surface area contributed by atoms with Gasteiger partial charge in [-0.05, 0) is 31.2 Å². The maximum absolute atomic E-state index is 13.9. The Kier molecular flexibility index (Phi) is 5.91. The highest BCUT2D eigenvalue weighted by Crippen LogP contribution is 2.39. The average Bonchev–Trinajstić information content (AvgIpc) is 3.00. The number of aryl methyl sites for hydroxylation is 1. The minimum atomic E-state index is -5.48. The van der Waals surface area contributed by atoms with E-state index in [1.165, 1.54) is 16.8 Å². The number of aliphatic imine (C=N–C) groups is 1. The van der Waals surface area contributed by atoms with Gasteiger partial charge in [-0.2, -0.15) is 8.78 Å². The lowest BCUT2D eigenvalue weighted by atomic mass is 10.2. The molecule has 0 unspecified atom stereocenters. The topological polar surface area (TPSA) is 84.3 Å². The molecular formula is C19H15ClF3N3O3S. The molecule has 0 spiro atoms. The molecule has 0 aliphatic carbocycles. The zero-order chi connectivity index (χ0) is 22.1. The highest BCUT2D eigenvalue weighted by atomic mass is 35.5. The van der Waals surface area contributed by atoms with Crippen molar-refractivity contribution in [3.63, 3.8) is 0 Å². The molecule has 0 amide bonds. The number of alkyl halides is 4. The van der Waals surface area contributed by atoms with Crippen LogP contribution >= 0.6 is 11.6 Å². The molecule has 6 nitrogen and oxygen atoms in total. The molecule has 0 fully saturated rings. The molecule has 0 aliphatic heterocycles. The van der Waals surface area contributed by atoms with Crippen LogP contribution in [-0.2, 0) is 9.84 Å². The number of sulfone groups is 1. The molecular weight excluding hydrogens is 443 g/mol. The maximum Gasteiger partial charge on any atom is 0.393 e. The predicted octanol–water partition coefficient (Wildman–Crippen LogP) is 4.13. The van der Waals surface area contributed by atoms with Crippen molar-refractivity contribution in [2.75, 3.05) is 0 Å². The summed E-state index contributed by atoms with van der Waals surface area (Å²) in [4.78, 5) is 15.7. The van der Waals surface area contributed by atoms with Crippen LogP contribution in [0.3, 0.4) is 0 Å². The fraction of sp³-hybridized carbons (Fsp3) is 0.158. The Morgan fingerprint density at radius 1 is 1.13 bits per heavy atom. The van der Waals surface area contributed by atoms with Gasteiger partial charge in [0, 0.05) is 11.9 Å². The van der Waals surface area contributed by atoms with Crippen LogP contribution in [0.25, 0.3) is 5.69 Å². The first kappa shape index (κ1) is 21.8. The van der Waals surface area contributed by atoms with Crippen LogP contribution in [0.1, 0.15) is 11.3 Å². The molecule has 0 saturated carbocycles. The summed E-state index contributed by atoms with van der Waals surface area (Å²) in [7, 11) is -5.48. The van der Waals surface area contributed by atoms with Crippen molar-refractivity contribution in [2.24, 2.45) is 4.99 Å². The van der Waals surface area contributed by atoms with E-state index in [-0.39, 0.29) is 11.3 Å². The molecule has 2 aromatic carbocycles. The molecule has 1 N–H and O–H groups in total. The monoisotopic (exact) mass is 457 g/mol. The summed E-state index contributed by atoms with van der Waals surface area (Å²) >= 11 is 4.75. The highest BCUT2D eigenvalue weighted by Gasteiger charge is 2.54. The number of aromatic nitrogens is 2. The summed E-state index contributed by atoms with van der Waals surface area (Å²) in [6, 6.07) is 13.2. The summed E-state index contributed by atoms with van der Waals surface area (Å²) in [6.45, 7) is 1.60. The number of hydrogen-bond acceptors (Lipinski definition) is 4. The number of H-pyrrole nitrogens is 1. The van der Waals surface area contributed by atoms with Gasteiger partial charge in [-0.15, -0.1) is 0 Å². The number of hydrogen-bond donors (Lipinski definition) is 1. The summed E-state index contributed by atoms with van der Waals surface area (Å²) in [5, 5.41) is -2.00. The Bertz CT molecular complexity index is 1250. The van der Waals surface area contributed by atoms with Crippen LogP contribution in [0.4, 0.5) is 18.9 Å². The first-order chi connectivity index (χ1) is 14.1. The summed E-state index contributed by atoms with van der Waals surface area (Å²) in [5.74, 6) is 0. The maximum atomic E-state index is 13.9. The summed E-state index contributed by atoms with van der Waals surface area (Å²) in [5.41, 5.74) is -3.23. The molecule has 0 aliphatic rings. The van der Waals surface area contributed by atoms with E-state index in [1.807, 2.05) is 0 Å². The molecule has 0 radical (unpaired) electrons. The number of benzene rings is 2. The number of halogens is 4. The minimum Gasteiger partial charge on any atom is -0.295 e. The van der Waals surface area contributed by atoms with Gasteiger partial charge in [0.15, 0.2) is 0 Å². The Morgan fingerprint density at radius 2 is 1.73 bits per heavy atom. The fourth-order valence-corrected chi connectivity index (χ4v) is 4.19. The van der Waals surface area contributed by atoms with Crippen LogP contribution in [0.2, 0.25) is 0 Å². The van der Waals surface area contributed by atoms with Crippen molar-refractivity contribution >= 4 is 33.3 Å². The zero-order valence-electron chi connectivity index (χ0n) is 15.4. The number of nitrogens with zero attached hydrogens (tertiary/aromatic N) is 2. The quantitative estimate of drug-likeness (QED) is 0.446. The van der Waals surface area contributed by atoms with Crippen LogP contribution < -0.4 is 5.56 Å². The van der Waals surface area contributed by atoms with Crippen LogP contribution in [-0.4, -0.2) is 35.3 Å². The SMILES string of the molecule is Cc1[nH]n(-c2ccccc2)c(=O)c1C=Nc1ccccc1S(=O)(=O)C(F)(F)[C@H](F)Cl. The van der Waals surface area contributed by atoms with Crippen LogP contribution in [0.15, 0.2) is 69.3 Å². The third-order valence-corrected chi connectivity index (χ3v) is 6.48. The lowest BCUT2D eigenvalue weighted by Crippen LogP contribution is -2.36. The lowest BCUT2D eigenvalue weighted by molar-refractivity contribution is 0.0423. The van der Waals surface area contributed by atoms with Crippen molar-refractivity contribution in [1.82, 2.24) is 9.78 Å². The van der Waals surface area contributed by atoms with Crippen molar-refractivity contribution < 1.29 is 21.6 Å². The molecule has 11 heteroatoms. The second-order valence-electron chi connectivity index (χ2n) is 6.22. The van der Waals surface area contributed by atoms with Gasteiger partial charge < -0.3 is 0 Å². The molecule has 1 atom stereocenters. The Labute approximate surface area is 174 Å². The van der Waals surface area contributed by atoms with E-state index in [0.29, 0.717) is 11.4 Å². The molecule has 30 heavy (non-hydrogen) atoms. The minimum absolute atomic E-state index is 0.0959. The zero-order valence-corrected chi connectivity index (χ0v) is 17.0. The van der Waals surface area contributed by atoms with Gasteiger partial charge in [0.05, 0.1) is 21.8 Å². The van der Waals surface area contributed by atoms with Gasteiger partial charge in [0.2, 0.25) is 9.84 Å². The Balaban J connectivity index is 2.06. The van der Waals surface area contributed by atoms with Gasteiger partial charge in [0.1, 0.15) is 0 Å². The van der Waals surface area contributed by atoms with Crippen molar-refractivity contribution in [1.29, 1.82) is 0 Å². The molecule has 1 heterocycles. The van der Waals surface area contributed by atoms with E-state index >= 15 is 0 Å². The van der Waals surface area contributed by atoms with E-state index in [4.69, 9.17) is 11.6 Å². The largest absolute Gasteiger partial charge is 0.393 e. The number of rotatable bonds is 6. The number of para-hydroxylation sites is 2. The Morgan fingerprint density at radius 3 is 2.37 bits per heavy atom. The standard InChI is InChI=1S/C19H15ClF3N3O3S/c1-12-14(17(27)26(25-12)13-7-3-2-4-8-13)11-24-15-9-5-6-10-16(15)30(28,29)19(22,23)18(20)21/h2-11,18,25H,1H3/t18-/m0/s1. The molecule has 1 aromatic heterocycles. The average molecular weight is 458 g/mol. The first-order valence-corrected chi connectivity index (χ1v) is 10.4. The molecule has 0 bridgehead atoms. The van der Waals surface area contributed by atoms with Crippen molar-refractivity contribution in [3.05, 3.63) is 76.2 Å². The fourth-order valence-electron chi connectivity index (χ4n) is 2.66. The van der Waals surface area contributed by atoms with Gasteiger partial charge in [-0.3, -0.25) is 14.9 Å². The van der Waals surface area contributed by atoms with Gasteiger partial charge in [-0.1, -0.05) is 41.9 Å². The lowest BCUT2D eigenvalue weighted by Gasteiger charge is -2.17. The molecule has 158 valence electrons. The first-order valence-electron chi connectivity index (χ1n) is 8.48. The normalized spacial score (nSPS) is 13.6. The van der Waals surface area contributed by atoms with E-state index in [1.54, 1.807) is 37.3 Å². The Hall–Kier alpha value is -2.85. The van der Waals surface area contributed by atoms with E-state index in [0.717, 1.165) is 18.3 Å². The highest BCUT2D eigenvalue weighted by molar-refractivity contribution is 7.92. The number of nitrogens with one attached hydrogen (secondary N) is 1.